The third-order valence-electron chi connectivity index (χ3n) is 2.27. The van der Waals surface area contributed by atoms with Gasteiger partial charge in [0.05, 0.1) is 13.7 Å². The lowest BCUT2D eigenvalue weighted by Crippen LogP contribution is -2.49. The molecule has 1 unspecified atom stereocenters. The van der Waals surface area contributed by atoms with Crippen molar-refractivity contribution >= 4 is 23.7 Å². The highest BCUT2D eigenvalue weighted by Gasteiger charge is 2.30. The van der Waals surface area contributed by atoms with Crippen LogP contribution in [0, 0.1) is 0 Å². The Morgan fingerprint density at radius 2 is 1.80 bits per heavy atom. The minimum absolute atomic E-state index is 0.0916. The number of amides is 2. The Kier molecular flexibility index (Phi) is 6.02. The number of benzene rings is 1. The molecule has 0 spiro atoms. The highest BCUT2D eigenvalue weighted by molar-refractivity contribution is 6.04. The number of anilines is 1. The van der Waals surface area contributed by atoms with E-state index in [-0.39, 0.29) is 6.61 Å². The van der Waals surface area contributed by atoms with Crippen molar-refractivity contribution in [1.29, 1.82) is 0 Å². The molecule has 2 N–H and O–H groups in total. The number of urea groups is 1. The molecule has 1 aromatic carbocycles. The average Bonchev–Trinajstić information content (AvgIpc) is 2.45. The summed E-state index contributed by atoms with van der Waals surface area (Å²) in [6.45, 7) is 1.69. The zero-order chi connectivity index (χ0) is 15.0. The fourth-order valence-corrected chi connectivity index (χ4v) is 1.38. The number of esters is 2. The molecule has 0 aliphatic carbocycles. The van der Waals surface area contributed by atoms with Crippen molar-refractivity contribution < 1.29 is 23.9 Å². The Morgan fingerprint density at radius 3 is 2.35 bits per heavy atom. The van der Waals surface area contributed by atoms with E-state index in [1.165, 1.54) is 0 Å². The highest BCUT2D eigenvalue weighted by Crippen LogP contribution is 2.04. The summed E-state index contributed by atoms with van der Waals surface area (Å²) >= 11 is 0. The zero-order valence-corrected chi connectivity index (χ0v) is 11.2. The molecule has 0 bridgehead atoms. The maximum atomic E-state index is 11.7. The Labute approximate surface area is 116 Å². The van der Waals surface area contributed by atoms with Crippen molar-refractivity contribution in [2.45, 2.75) is 13.0 Å². The van der Waals surface area contributed by atoms with E-state index in [4.69, 9.17) is 4.74 Å². The van der Waals surface area contributed by atoms with E-state index in [9.17, 15) is 14.4 Å². The Balaban J connectivity index is 2.67. The molecule has 0 saturated carbocycles. The van der Waals surface area contributed by atoms with Crippen molar-refractivity contribution in [3.05, 3.63) is 30.3 Å². The van der Waals surface area contributed by atoms with E-state index in [2.05, 4.69) is 15.4 Å². The van der Waals surface area contributed by atoms with E-state index in [1.807, 2.05) is 0 Å². The van der Waals surface area contributed by atoms with Crippen molar-refractivity contribution in [3.63, 3.8) is 0 Å². The van der Waals surface area contributed by atoms with Gasteiger partial charge in [-0.25, -0.2) is 14.4 Å². The first kappa shape index (κ1) is 15.5. The standard InChI is InChI=1S/C13H16N2O5/c1-3-20-12(17)10(11(16)19-2)15-13(18)14-9-7-5-4-6-8-9/h4-8,10H,3H2,1-2H3,(H2,14,15,18). The first-order valence-corrected chi connectivity index (χ1v) is 5.95. The number of para-hydroxylation sites is 1. The monoisotopic (exact) mass is 280 g/mol. The van der Waals surface area contributed by atoms with Gasteiger partial charge in [0.2, 0.25) is 6.04 Å². The second kappa shape index (κ2) is 7.78. The third kappa shape index (κ3) is 4.60. The normalized spacial score (nSPS) is 11.1. The molecule has 7 nitrogen and oxygen atoms in total. The molecule has 0 aromatic heterocycles. The molecule has 7 heteroatoms. The van der Waals surface area contributed by atoms with Gasteiger partial charge in [-0.05, 0) is 19.1 Å². The van der Waals surface area contributed by atoms with Crippen molar-refractivity contribution in [1.82, 2.24) is 5.32 Å². The second-order valence-electron chi connectivity index (χ2n) is 3.67. The second-order valence-corrected chi connectivity index (χ2v) is 3.67. The smallest absolute Gasteiger partial charge is 0.340 e. The lowest BCUT2D eigenvalue weighted by molar-refractivity contribution is -0.156. The minimum Gasteiger partial charge on any atom is -0.467 e. The lowest BCUT2D eigenvalue weighted by atomic mass is 10.3. The van der Waals surface area contributed by atoms with Gasteiger partial charge >= 0.3 is 18.0 Å². The molecule has 1 atom stereocenters. The van der Waals surface area contributed by atoms with Crippen LogP contribution in [-0.2, 0) is 19.1 Å². The van der Waals surface area contributed by atoms with Crippen LogP contribution in [0.1, 0.15) is 6.92 Å². The lowest BCUT2D eigenvalue weighted by Gasteiger charge is -2.15. The Hall–Kier alpha value is -2.57. The third-order valence-corrected chi connectivity index (χ3v) is 2.27. The quantitative estimate of drug-likeness (QED) is 0.617. The maximum absolute atomic E-state index is 11.7. The number of carbonyl (C=O) groups is 3. The van der Waals surface area contributed by atoms with Crippen LogP contribution in [-0.4, -0.2) is 37.7 Å². The van der Waals surface area contributed by atoms with Gasteiger partial charge in [0, 0.05) is 5.69 Å². The van der Waals surface area contributed by atoms with E-state index < -0.39 is 24.0 Å². The van der Waals surface area contributed by atoms with Gasteiger partial charge < -0.3 is 20.1 Å². The maximum Gasteiger partial charge on any atom is 0.340 e. The highest BCUT2D eigenvalue weighted by atomic mass is 16.6. The molecular formula is C13H16N2O5. The van der Waals surface area contributed by atoms with E-state index in [0.717, 1.165) is 7.11 Å². The van der Waals surface area contributed by atoms with E-state index >= 15 is 0 Å². The summed E-state index contributed by atoms with van der Waals surface area (Å²) in [5, 5.41) is 4.68. The summed E-state index contributed by atoms with van der Waals surface area (Å²) in [6, 6.07) is 6.38. The zero-order valence-electron chi connectivity index (χ0n) is 11.2. The van der Waals surface area contributed by atoms with Crippen molar-refractivity contribution in [2.24, 2.45) is 0 Å². The van der Waals surface area contributed by atoms with Crippen LogP contribution in [0.2, 0.25) is 0 Å². The number of hydrogen-bond donors (Lipinski definition) is 2. The Morgan fingerprint density at radius 1 is 1.15 bits per heavy atom. The number of nitrogens with one attached hydrogen (secondary N) is 2. The molecule has 2 amide bonds. The van der Waals surface area contributed by atoms with Crippen molar-refractivity contribution in [2.75, 3.05) is 19.0 Å². The minimum atomic E-state index is -1.50. The van der Waals surface area contributed by atoms with E-state index in [1.54, 1.807) is 37.3 Å². The molecule has 0 radical (unpaired) electrons. The van der Waals surface area contributed by atoms with Gasteiger partial charge in [-0.15, -0.1) is 0 Å². The topological polar surface area (TPSA) is 93.7 Å². The van der Waals surface area contributed by atoms with Gasteiger partial charge in [0.15, 0.2) is 0 Å². The van der Waals surface area contributed by atoms with Gasteiger partial charge in [-0.2, -0.15) is 0 Å². The van der Waals surface area contributed by atoms with Crippen molar-refractivity contribution in [3.8, 4) is 0 Å². The fraction of sp³-hybridized carbons (Fsp3) is 0.308. The van der Waals surface area contributed by atoms with Crippen LogP contribution in [0.5, 0.6) is 0 Å². The van der Waals surface area contributed by atoms with Crippen LogP contribution in [0.4, 0.5) is 10.5 Å². The van der Waals surface area contributed by atoms with Gasteiger partial charge in [0.1, 0.15) is 0 Å². The number of rotatable bonds is 5. The van der Waals surface area contributed by atoms with E-state index in [0.29, 0.717) is 5.69 Å². The van der Waals surface area contributed by atoms with Gasteiger partial charge in [-0.3, -0.25) is 0 Å². The molecule has 1 aromatic rings. The summed E-state index contributed by atoms with van der Waals surface area (Å²) < 4.78 is 9.14. The predicted molar refractivity (Wildman–Crippen MR) is 71.0 cm³/mol. The van der Waals surface area contributed by atoms with Crippen LogP contribution in [0.3, 0.4) is 0 Å². The molecule has 20 heavy (non-hydrogen) atoms. The van der Waals surface area contributed by atoms with Crippen LogP contribution in [0.15, 0.2) is 30.3 Å². The number of ether oxygens (including phenoxy) is 2. The molecule has 0 fully saturated rings. The number of hydrogen-bond acceptors (Lipinski definition) is 5. The van der Waals surface area contributed by atoms with Gasteiger partial charge in [0.25, 0.3) is 0 Å². The molecule has 1 rings (SSSR count). The van der Waals surface area contributed by atoms with Crippen LogP contribution >= 0.6 is 0 Å². The fourth-order valence-electron chi connectivity index (χ4n) is 1.38. The number of methoxy groups -OCH3 is 1. The summed E-state index contributed by atoms with van der Waals surface area (Å²) in [7, 11) is 1.12. The summed E-state index contributed by atoms with van der Waals surface area (Å²) in [5.74, 6) is -1.77. The average molecular weight is 280 g/mol. The SMILES string of the molecule is CCOC(=O)C(NC(=O)Nc1ccccc1)C(=O)OC. The summed E-state index contributed by atoms with van der Waals surface area (Å²) in [6.07, 6.45) is 0. The molecule has 0 aliphatic rings. The summed E-state index contributed by atoms with van der Waals surface area (Å²) in [5.41, 5.74) is 0.525. The largest absolute Gasteiger partial charge is 0.467 e. The molecule has 0 saturated heterocycles. The van der Waals surface area contributed by atoms with Crippen LogP contribution < -0.4 is 10.6 Å². The first-order valence-electron chi connectivity index (χ1n) is 5.95. The van der Waals surface area contributed by atoms with Gasteiger partial charge in [-0.1, -0.05) is 18.2 Å². The molecule has 0 heterocycles. The first-order chi connectivity index (χ1) is 9.58. The molecular weight excluding hydrogens is 264 g/mol. The Bertz CT molecular complexity index is 475. The predicted octanol–water partition coefficient (Wildman–Crippen LogP) is 0.913. The number of carbonyl (C=O) groups excluding carboxylic acids is 3. The molecule has 108 valence electrons. The van der Waals surface area contributed by atoms with Crippen LogP contribution in [0.25, 0.3) is 0 Å². The summed E-state index contributed by atoms with van der Waals surface area (Å²) in [4.78, 5) is 34.7. The molecule has 0 aliphatic heterocycles.